The Morgan fingerprint density at radius 1 is 1.13 bits per heavy atom. The average molecular weight is 454 g/mol. The topological polar surface area (TPSA) is 63.9 Å². The molecule has 0 saturated heterocycles. The van der Waals surface area contributed by atoms with Crippen molar-refractivity contribution in [2.24, 2.45) is 0 Å². The molecule has 2 aromatic carbocycles. The summed E-state index contributed by atoms with van der Waals surface area (Å²) in [7, 11) is 1.71. The van der Waals surface area contributed by atoms with Crippen molar-refractivity contribution in [2.45, 2.75) is 24.4 Å². The number of hydrogen-bond acceptors (Lipinski definition) is 6. The molecule has 4 aromatic rings. The lowest BCUT2D eigenvalue weighted by molar-refractivity contribution is -0.116. The molecular weight excluding hydrogens is 433 g/mol. The normalized spacial score (nSPS) is 10.9. The molecular formula is C22H20FN5OS2. The SMILES string of the molecule is CC(=O)N(C)c1nc(CSc2nnc(-c3ccc(F)cc3)n2Cc2ccccc2)cs1. The van der Waals surface area contributed by atoms with Crippen molar-refractivity contribution in [3.8, 4) is 11.4 Å². The Kier molecular flexibility index (Phi) is 6.43. The van der Waals surface area contributed by atoms with E-state index in [9.17, 15) is 9.18 Å². The number of carbonyl (C=O) groups excluding carboxylic acids is 1. The first-order chi connectivity index (χ1) is 15.0. The van der Waals surface area contributed by atoms with Gasteiger partial charge in [-0.3, -0.25) is 14.3 Å². The number of carbonyl (C=O) groups is 1. The number of anilines is 1. The van der Waals surface area contributed by atoms with Crippen molar-refractivity contribution in [3.05, 3.63) is 77.1 Å². The largest absolute Gasteiger partial charge is 0.298 e. The summed E-state index contributed by atoms with van der Waals surface area (Å²) < 4.78 is 15.4. The van der Waals surface area contributed by atoms with Gasteiger partial charge in [-0.2, -0.15) is 0 Å². The molecule has 0 aliphatic heterocycles. The smallest absolute Gasteiger partial charge is 0.225 e. The monoisotopic (exact) mass is 453 g/mol. The van der Waals surface area contributed by atoms with Crippen molar-refractivity contribution < 1.29 is 9.18 Å². The van der Waals surface area contributed by atoms with E-state index in [1.807, 2.05) is 40.3 Å². The molecule has 0 aliphatic carbocycles. The maximum Gasteiger partial charge on any atom is 0.225 e. The minimum absolute atomic E-state index is 0.0555. The molecule has 6 nitrogen and oxygen atoms in total. The van der Waals surface area contributed by atoms with Gasteiger partial charge < -0.3 is 0 Å². The predicted octanol–water partition coefficient (Wildman–Crippen LogP) is 4.86. The molecule has 31 heavy (non-hydrogen) atoms. The van der Waals surface area contributed by atoms with Crippen molar-refractivity contribution >= 4 is 34.1 Å². The lowest BCUT2D eigenvalue weighted by Crippen LogP contribution is -2.22. The summed E-state index contributed by atoms with van der Waals surface area (Å²) in [4.78, 5) is 17.6. The van der Waals surface area contributed by atoms with Crippen LogP contribution in [-0.4, -0.2) is 32.7 Å². The maximum atomic E-state index is 13.4. The summed E-state index contributed by atoms with van der Waals surface area (Å²) in [5.41, 5.74) is 2.79. The third kappa shape index (κ3) is 5.00. The Hall–Kier alpha value is -3.04. The molecule has 0 unspecified atom stereocenters. The number of halogens is 1. The van der Waals surface area contributed by atoms with Crippen molar-refractivity contribution in [2.75, 3.05) is 11.9 Å². The van der Waals surface area contributed by atoms with E-state index in [0.29, 0.717) is 23.3 Å². The number of thiazole rings is 1. The van der Waals surface area contributed by atoms with Gasteiger partial charge in [-0.1, -0.05) is 42.1 Å². The van der Waals surface area contributed by atoms with Crippen LogP contribution in [0.5, 0.6) is 0 Å². The maximum absolute atomic E-state index is 13.4. The summed E-state index contributed by atoms with van der Waals surface area (Å²) in [6, 6.07) is 16.3. The second kappa shape index (κ2) is 9.40. The summed E-state index contributed by atoms with van der Waals surface area (Å²) in [5.74, 6) is 0.933. The molecule has 2 aromatic heterocycles. The standard InChI is InChI=1S/C22H20FN5OS2/c1-15(29)27(2)21-24-19(13-30-21)14-31-22-26-25-20(17-8-10-18(23)11-9-17)28(22)12-16-6-4-3-5-7-16/h3-11,13H,12,14H2,1-2H3. The summed E-state index contributed by atoms with van der Waals surface area (Å²) in [5, 5.41) is 12.1. The lowest BCUT2D eigenvalue weighted by Gasteiger charge is -2.11. The number of nitrogens with zero attached hydrogens (tertiary/aromatic N) is 5. The van der Waals surface area contributed by atoms with Crippen LogP contribution in [0.25, 0.3) is 11.4 Å². The van der Waals surface area contributed by atoms with Crippen LogP contribution < -0.4 is 4.90 Å². The Morgan fingerprint density at radius 2 is 1.87 bits per heavy atom. The molecule has 0 aliphatic rings. The van der Waals surface area contributed by atoms with E-state index < -0.39 is 0 Å². The summed E-state index contributed by atoms with van der Waals surface area (Å²) >= 11 is 2.96. The highest BCUT2D eigenvalue weighted by atomic mass is 32.2. The van der Waals surface area contributed by atoms with Gasteiger partial charge in [-0.15, -0.1) is 21.5 Å². The highest BCUT2D eigenvalue weighted by molar-refractivity contribution is 7.98. The number of benzene rings is 2. The zero-order valence-electron chi connectivity index (χ0n) is 17.0. The highest BCUT2D eigenvalue weighted by Gasteiger charge is 2.17. The van der Waals surface area contributed by atoms with Gasteiger partial charge in [-0.25, -0.2) is 9.37 Å². The van der Waals surface area contributed by atoms with Gasteiger partial charge in [0.2, 0.25) is 5.91 Å². The molecule has 0 N–H and O–H groups in total. The highest BCUT2D eigenvalue weighted by Crippen LogP contribution is 2.29. The van der Waals surface area contributed by atoms with Crippen molar-refractivity contribution in [1.82, 2.24) is 19.7 Å². The molecule has 1 amide bonds. The Labute approximate surface area is 187 Å². The molecule has 0 spiro atoms. The Balaban J connectivity index is 1.59. The first-order valence-electron chi connectivity index (χ1n) is 9.56. The van der Waals surface area contributed by atoms with Crippen LogP contribution in [0.3, 0.4) is 0 Å². The zero-order valence-corrected chi connectivity index (χ0v) is 18.7. The number of amides is 1. The molecule has 4 rings (SSSR count). The van der Waals surface area contributed by atoms with E-state index in [4.69, 9.17) is 0 Å². The van der Waals surface area contributed by atoms with Crippen LogP contribution in [0.15, 0.2) is 65.1 Å². The van der Waals surface area contributed by atoms with Crippen LogP contribution in [0, 0.1) is 5.82 Å². The van der Waals surface area contributed by atoms with Gasteiger partial charge >= 0.3 is 0 Å². The third-order valence-corrected chi connectivity index (χ3v) is 6.62. The first-order valence-corrected chi connectivity index (χ1v) is 11.4. The fourth-order valence-corrected chi connectivity index (χ4v) is 4.68. The minimum Gasteiger partial charge on any atom is -0.298 e. The molecule has 0 radical (unpaired) electrons. The second-order valence-electron chi connectivity index (χ2n) is 6.87. The molecule has 0 saturated carbocycles. The lowest BCUT2D eigenvalue weighted by atomic mass is 10.2. The quantitative estimate of drug-likeness (QED) is 0.374. The summed E-state index contributed by atoms with van der Waals surface area (Å²) in [6.07, 6.45) is 0. The van der Waals surface area contributed by atoms with E-state index in [2.05, 4.69) is 15.2 Å². The molecule has 0 fully saturated rings. The van der Waals surface area contributed by atoms with E-state index >= 15 is 0 Å². The van der Waals surface area contributed by atoms with Crippen LogP contribution in [0.4, 0.5) is 9.52 Å². The molecule has 2 heterocycles. The van der Waals surface area contributed by atoms with Gasteiger partial charge in [0.05, 0.1) is 12.2 Å². The molecule has 9 heteroatoms. The molecule has 0 bridgehead atoms. The third-order valence-electron chi connectivity index (χ3n) is 4.65. The Morgan fingerprint density at radius 3 is 2.58 bits per heavy atom. The van der Waals surface area contributed by atoms with E-state index in [0.717, 1.165) is 22.0 Å². The van der Waals surface area contributed by atoms with Crippen LogP contribution in [-0.2, 0) is 17.1 Å². The van der Waals surface area contributed by atoms with Gasteiger partial charge in [0.25, 0.3) is 0 Å². The fourth-order valence-electron chi connectivity index (χ4n) is 2.91. The second-order valence-corrected chi connectivity index (χ2v) is 8.65. The van der Waals surface area contributed by atoms with Gasteiger partial charge in [-0.05, 0) is 29.8 Å². The number of rotatable bonds is 7. The first kappa shape index (κ1) is 21.2. The number of thioether (sulfide) groups is 1. The van der Waals surface area contributed by atoms with E-state index in [-0.39, 0.29) is 11.7 Å². The van der Waals surface area contributed by atoms with Gasteiger partial charge in [0.1, 0.15) is 5.82 Å². The van der Waals surface area contributed by atoms with Gasteiger partial charge in [0, 0.05) is 30.7 Å². The summed E-state index contributed by atoms with van der Waals surface area (Å²) in [6.45, 7) is 2.11. The zero-order chi connectivity index (χ0) is 21.8. The van der Waals surface area contributed by atoms with E-state index in [1.165, 1.54) is 47.1 Å². The Bertz CT molecular complexity index is 1170. The average Bonchev–Trinajstić information content (AvgIpc) is 3.40. The van der Waals surface area contributed by atoms with Gasteiger partial charge in [0.15, 0.2) is 16.1 Å². The molecule has 0 atom stereocenters. The number of hydrogen-bond donors (Lipinski definition) is 0. The van der Waals surface area contributed by atoms with Crippen LogP contribution >= 0.6 is 23.1 Å². The van der Waals surface area contributed by atoms with Crippen molar-refractivity contribution in [3.63, 3.8) is 0 Å². The minimum atomic E-state index is -0.290. The van der Waals surface area contributed by atoms with Crippen LogP contribution in [0.1, 0.15) is 18.2 Å². The van der Waals surface area contributed by atoms with Crippen LogP contribution in [0.2, 0.25) is 0 Å². The predicted molar refractivity (Wildman–Crippen MR) is 122 cm³/mol. The number of aromatic nitrogens is 4. The fraction of sp³-hybridized carbons (Fsp3) is 0.182. The van der Waals surface area contributed by atoms with Crippen molar-refractivity contribution in [1.29, 1.82) is 0 Å². The molecule has 158 valence electrons. The van der Waals surface area contributed by atoms with E-state index in [1.54, 1.807) is 19.2 Å².